The highest BCUT2D eigenvalue weighted by molar-refractivity contribution is 7.21. The number of ether oxygens (including phenoxy) is 1. The second-order valence-electron chi connectivity index (χ2n) is 4.04. The minimum Gasteiger partial charge on any atom is -0.465 e. The first-order valence-electron chi connectivity index (χ1n) is 6.05. The third-order valence-corrected chi connectivity index (χ3v) is 4.02. The number of hydrogen-bond donors (Lipinski definition) is 1. The van der Waals surface area contributed by atoms with Crippen LogP contribution in [0.5, 0.6) is 0 Å². The van der Waals surface area contributed by atoms with Gasteiger partial charge in [0.25, 0.3) is 5.91 Å². The zero-order valence-corrected chi connectivity index (χ0v) is 11.7. The van der Waals surface area contributed by atoms with E-state index in [9.17, 15) is 9.59 Å². The smallest absolute Gasteiger partial charge is 0.325 e. The first-order valence-corrected chi connectivity index (χ1v) is 6.87. The molecule has 100 valence electrons. The lowest BCUT2D eigenvalue weighted by Gasteiger charge is -2.04. The molecule has 0 fully saturated rings. The van der Waals surface area contributed by atoms with Gasteiger partial charge in [0.05, 0.1) is 11.5 Å². The van der Waals surface area contributed by atoms with Crippen LogP contribution in [0.15, 0.2) is 24.3 Å². The van der Waals surface area contributed by atoms with Gasteiger partial charge in [-0.05, 0) is 30.9 Å². The van der Waals surface area contributed by atoms with E-state index in [-0.39, 0.29) is 12.5 Å². The van der Waals surface area contributed by atoms with Crippen LogP contribution in [-0.4, -0.2) is 25.0 Å². The molecule has 5 heteroatoms. The maximum Gasteiger partial charge on any atom is 0.325 e. The van der Waals surface area contributed by atoms with Crippen LogP contribution in [-0.2, 0) is 9.53 Å². The van der Waals surface area contributed by atoms with Gasteiger partial charge in [-0.15, -0.1) is 11.3 Å². The van der Waals surface area contributed by atoms with E-state index in [2.05, 4.69) is 5.32 Å². The molecule has 0 unspecified atom stereocenters. The molecule has 2 aromatic rings. The standard InChI is InChI=1S/C14H15NO3S/c1-3-18-12(16)8-15-14(17)13-9(2)10-6-4-5-7-11(10)19-13/h4-7H,3,8H2,1-2H3,(H,15,17). The van der Waals surface area contributed by atoms with Crippen LogP contribution in [0.3, 0.4) is 0 Å². The van der Waals surface area contributed by atoms with Gasteiger partial charge in [0.15, 0.2) is 0 Å². The SMILES string of the molecule is CCOC(=O)CNC(=O)c1sc2ccccc2c1C. The second kappa shape index (κ2) is 5.84. The molecule has 0 radical (unpaired) electrons. The van der Waals surface area contributed by atoms with Crippen molar-refractivity contribution in [2.24, 2.45) is 0 Å². The quantitative estimate of drug-likeness (QED) is 0.874. The summed E-state index contributed by atoms with van der Waals surface area (Å²) in [6.45, 7) is 3.87. The Hall–Kier alpha value is -1.88. The van der Waals surface area contributed by atoms with E-state index in [1.165, 1.54) is 11.3 Å². The molecule has 1 aromatic heterocycles. The number of hydrogen-bond acceptors (Lipinski definition) is 4. The summed E-state index contributed by atoms with van der Waals surface area (Å²) < 4.78 is 5.84. The fraction of sp³-hybridized carbons (Fsp3) is 0.286. The molecule has 2 rings (SSSR count). The van der Waals surface area contributed by atoms with Crippen LogP contribution in [0.1, 0.15) is 22.2 Å². The molecule has 0 aliphatic heterocycles. The highest BCUT2D eigenvalue weighted by Crippen LogP contribution is 2.30. The van der Waals surface area contributed by atoms with E-state index in [4.69, 9.17) is 4.74 Å². The predicted octanol–water partition coefficient (Wildman–Crippen LogP) is 2.50. The van der Waals surface area contributed by atoms with Crippen molar-refractivity contribution in [2.75, 3.05) is 13.2 Å². The molecular formula is C14H15NO3S. The van der Waals surface area contributed by atoms with E-state index in [1.54, 1.807) is 6.92 Å². The Bertz CT molecular complexity index is 618. The fourth-order valence-corrected chi connectivity index (χ4v) is 2.96. The van der Waals surface area contributed by atoms with Gasteiger partial charge in [-0.1, -0.05) is 18.2 Å². The number of benzene rings is 1. The van der Waals surface area contributed by atoms with Crippen LogP contribution >= 0.6 is 11.3 Å². The van der Waals surface area contributed by atoms with Gasteiger partial charge < -0.3 is 10.1 Å². The van der Waals surface area contributed by atoms with Gasteiger partial charge >= 0.3 is 5.97 Å². The van der Waals surface area contributed by atoms with E-state index in [0.717, 1.165) is 15.6 Å². The van der Waals surface area contributed by atoms with Crippen LogP contribution < -0.4 is 5.32 Å². The number of rotatable bonds is 4. The van der Waals surface area contributed by atoms with Gasteiger partial charge in [-0.3, -0.25) is 9.59 Å². The second-order valence-corrected chi connectivity index (χ2v) is 5.09. The van der Waals surface area contributed by atoms with Gasteiger partial charge in [0, 0.05) is 4.70 Å². The lowest BCUT2D eigenvalue weighted by molar-refractivity contribution is -0.141. The summed E-state index contributed by atoms with van der Waals surface area (Å²) in [5.74, 6) is -0.652. The van der Waals surface area contributed by atoms with Crippen molar-refractivity contribution >= 4 is 33.3 Å². The number of fused-ring (bicyclic) bond motifs is 1. The van der Waals surface area contributed by atoms with Crippen LogP contribution in [0.2, 0.25) is 0 Å². The maximum atomic E-state index is 12.0. The van der Waals surface area contributed by atoms with E-state index >= 15 is 0 Å². The molecule has 19 heavy (non-hydrogen) atoms. The molecule has 1 amide bonds. The molecule has 0 saturated heterocycles. The van der Waals surface area contributed by atoms with Crippen molar-refractivity contribution < 1.29 is 14.3 Å². The van der Waals surface area contributed by atoms with E-state index in [0.29, 0.717) is 11.5 Å². The van der Waals surface area contributed by atoms with Crippen molar-refractivity contribution in [2.45, 2.75) is 13.8 Å². The van der Waals surface area contributed by atoms with Gasteiger partial charge in [-0.2, -0.15) is 0 Å². The summed E-state index contributed by atoms with van der Waals surface area (Å²) in [4.78, 5) is 23.9. The third-order valence-electron chi connectivity index (χ3n) is 2.75. The summed E-state index contributed by atoms with van der Waals surface area (Å²) in [5.41, 5.74) is 0.946. The number of amides is 1. The van der Waals surface area contributed by atoms with Crippen molar-refractivity contribution in [3.05, 3.63) is 34.7 Å². The number of aryl methyl sites for hydroxylation is 1. The van der Waals surface area contributed by atoms with Gasteiger partial charge in [-0.25, -0.2) is 0 Å². The van der Waals surface area contributed by atoms with Crippen molar-refractivity contribution in [1.29, 1.82) is 0 Å². The van der Waals surface area contributed by atoms with Gasteiger partial charge in [0.1, 0.15) is 6.54 Å². The normalized spacial score (nSPS) is 10.4. The monoisotopic (exact) mass is 277 g/mol. The molecule has 1 heterocycles. The molecule has 0 aliphatic rings. The van der Waals surface area contributed by atoms with Crippen LogP contribution in [0.25, 0.3) is 10.1 Å². The number of esters is 1. The molecule has 1 N–H and O–H groups in total. The molecule has 0 bridgehead atoms. The zero-order chi connectivity index (χ0) is 13.8. The number of carbonyl (C=O) groups is 2. The lowest BCUT2D eigenvalue weighted by Crippen LogP contribution is -2.30. The Labute approximate surface area is 115 Å². The average molecular weight is 277 g/mol. The lowest BCUT2D eigenvalue weighted by atomic mass is 10.1. The summed E-state index contributed by atoms with van der Waals surface area (Å²) in [7, 11) is 0. The molecule has 0 aliphatic carbocycles. The minimum atomic E-state index is -0.422. The predicted molar refractivity (Wildman–Crippen MR) is 75.5 cm³/mol. The molecular weight excluding hydrogens is 262 g/mol. The molecule has 0 atom stereocenters. The Morgan fingerprint density at radius 3 is 2.74 bits per heavy atom. The maximum absolute atomic E-state index is 12.0. The fourth-order valence-electron chi connectivity index (χ4n) is 1.84. The van der Waals surface area contributed by atoms with Crippen LogP contribution in [0, 0.1) is 6.92 Å². The summed E-state index contributed by atoms with van der Waals surface area (Å²) >= 11 is 1.43. The molecule has 0 saturated carbocycles. The summed E-state index contributed by atoms with van der Waals surface area (Å²) in [5, 5.41) is 3.66. The van der Waals surface area contributed by atoms with Gasteiger partial charge in [0.2, 0.25) is 0 Å². The Morgan fingerprint density at radius 2 is 2.05 bits per heavy atom. The Kier molecular flexibility index (Phi) is 4.16. The molecule has 0 spiro atoms. The number of carbonyl (C=O) groups excluding carboxylic acids is 2. The summed E-state index contributed by atoms with van der Waals surface area (Å²) in [6, 6.07) is 7.86. The number of thiophene rings is 1. The minimum absolute atomic E-state index is 0.0969. The van der Waals surface area contributed by atoms with Crippen LogP contribution in [0.4, 0.5) is 0 Å². The van der Waals surface area contributed by atoms with Crippen molar-refractivity contribution in [3.63, 3.8) is 0 Å². The molecule has 4 nitrogen and oxygen atoms in total. The highest BCUT2D eigenvalue weighted by Gasteiger charge is 2.15. The Morgan fingerprint density at radius 1 is 1.32 bits per heavy atom. The van der Waals surface area contributed by atoms with Crippen molar-refractivity contribution in [1.82, 2.24) is 5.32 Å². The topological polar surface area (TPSA) is 55.4 Å². The van der Waals surface area contributed by atoms with E-state index < -0.39 is 5.97 Å². The third kappa shape index (κ3) is 2.93. The largest absolute Gasteiger partial charge is 0.465 e. The van der Waals surface area contributed by atoms with E-state index in [1.807, 2.05) is 31.2 Å². The number of nitrogens with one attached hydrogen (secondary N) is 1. The Balaban J connectivity index is 2.13. The summed E-state index contributed by atoms with van der Waals surface area (Å²) in [6.07, 6.45) is 0. The zero-order valence-electron chi connectivity index (χ0n) is 10.9. The average Bonchev–Trinajstić information content (AvgIpc) is 2.74. The van der Waals surface area contributed by atoms with Crippen molar-refractivity contribution in [3.8, 4) is 0 Å². The molecule has 1 aromatic carbocycles. The first kappa shape index (κ1) is 13.5. The highest BCUT2D eigenvalue weighted by atomic mass is 32.1. The first-order chi connectivity index (χ1) is 9.13.